The highest BCUT2D eigenvalue weighted by molar-refractivity contribution is 5.33. The van der Waals surface area contributed by atoms with Gasteiger partial charge in [0.1, 0.15) is 11.6 Å². The number of rotatable bonds is 3. The van der Waals surface area contributed by atoms with Gasteiger partial charge in [0.15, 0.2) is 0 Å². The van der Waals surface area contributed by atoms with Gasteiger partial charge in [0, 0.05) is 25.2 Å². The van der Waals surface area contributed by atoms with Gasteiger partial charge in [-0.15, -0.1) is 0 Å². The van der Waals surface area contributed by atoms with E-state index in [1.165, 1.54) is 12.1 Å². The Morgan fingerprint density at radius 2 is 2.38 bits per heavy atom. The van der Waals surface area contributed by atoms with E-state index in [1.54, 1.807) is 13.2 Å². The summed E-state index contributed by atoms with van der Waals surface area (Å²) in [4.78, 5) is 2.10. The molecule has 0 saturated carbocycles. The third-order valence-corrected chi connectivity index (χ3v) is 2.88. The molecule has 88 valence electrons. The molecule has 0 aromatic heterocycles. The van der Waals surface area contributed by atoms with Gasteiger partial charge in [0.25, 0.3) is 0 Å². The van der Waals surface area contributed by atoms with Crippen molar-refractivity contribution in [1.82, 2.24) is 4.90 Å². The van der Waals surface area contributed by atoms with Crippen LogP contribution in [0.15, 0.2) is 18.2 Å². The molecule has 16 heavy (non-hydrogen) atoms. The van der Waals surface area contributed by atoms with Crippen LogP contribution in [0.4, 0.5) is 4.39 Å². The molecule has 1 aliphatic rings. The molecule has 4 heteroatoms. The number of nitrogens with zero attached hydrogens (tertiary/aromatic N) is 1. The van der Waals surface area contributed by atoms with Crippen molar-refractivity contribution in [2.24, 2.45) is 0 Å². The Kier molecular flexibility index (Phi) is 3.41. The van der Waals surface area contributed by atoms with E-state index in [4.69, 9.17) is 4.74 Å². The zero-order valence-corrected chi connectivity index (χ0v) is 9.32. The number of ether oxygens (including phenoxy) is 1. The van der Waals surface area contributed by atoms with Crippen LogP contribution in [0.5, 0.6) is 5.75 Å². The van der Waals surface area contributed by atoms with Gasteiger partial charge in [-0.3, -0.25) is 4.90 Å². The molecule has 0 aliphatic carbocycles. The van der Waals surface area contributed by atoms with Gasteiger partial charge in [-0.25, -0.2) is 4.39 Å². The average molecular weight is 225 g/mol. The highest BCUT2D eigenvalue weighted by atomic mass is 19.1. The summed E-state index contributed by atoms with van der Waals surface area (Å²) in [5.74, 6) is 0.443. The first kappa shape index (κ1) is 11.4. The highest BCUT2D eigenvalue weighted by Gasteiger charge is 2.21. The van der Waals surface area contributed by atoms with Crippen molar-refractivity contribution >= 4 is 0 Å². The number of halogens is 1. The Morgan fingerprint density at radius 3 is 3.00 bits per heavy atom. The van der Waals surface area contributed by atoms with E-state index in [2.05, 4.69) is 4.90 Å². The first-order chi connectivity index (χ1) is 7.69. The molecule has 0 bridgehead atoms. The van der Waals surface area contributed by atoms with Gasteiger partial charge in [-0.1, -0.05) is 0 Å². The number of aliphatic hydroxyl groups excluding tert-OH is 1. The third-order valence-electron chi connectivity index (χ3n) is 2.88. The second kappa shape index (κ2) is 4.80. The second-order valence-electron chi connectivity index (χ2n) is 4.13. The van der Waals surface area contributed by atoms with Crippen molar-refractivity contribution in [2.45, 2.75) is 19.1 Å². The molecule has 0 unspecified atom stereocenters. The molecule has 1 N–H and O–H groups in total. The molecule has 0 radical (unpaired) electrons. The maximum atomic E-state index is 13.1. The topological polar surface area (TPSA) is 32.7 Å². The van der Waals surface area contributed by atoms with Crippen LogP contribution in [0.2, 0.25) is 0 Å². The van der Waals surface area contributed by atoms with E-state index < -0.39 is 0 Å². The minimum absolute atomic E-state index is 0.250. The van der Waals surface area contributed by atoms with Crippen molar-refractivity contribution in [1.29, 1.82) is 0 Å². The van der Waals surface area contributed by atoms with Crippen LogP contribution in [0.25, 0.3) is 0 Å². The lowest BCUT2D eigenvalue weighted by Crippen LogP contribution is -2.21. The van der Waals surface area contributed by atoms with Gasteiger partial charge >= 0.3 is 0 Å². The summed E-state index contributed by atoms with van der Waals surface area (Å²) in [5.41, 5.74) is 0.830. The molecule has 0 spiro atoms. The minimum Gasteiger partial charge on any atom is -0.496 e. The molecule has 1 atom stereocenters. The van der Waals surface area contributed by atoms with Crippen molar-refractivity contribution < 1.29 is 14.2 Å². The molecule has 1 heterocycles. The van der Waals surface area contributed by atoms with E-state index in [0.29, 0.717) is 18.8 Å². The number of aliphatic hydroxyl groups is 1. The quantitative estimate of drug-likeness (QED) is 0.844. The van der Waals surface area contributed by atoms with Crippen molar-refractivity contribution in [3.05, 3.63) is 29.6 Å². The molecule has 1 aliphatic heterocycles. The number of β-amino-alcohol motifs (C(OH)–C–C–N with tert-alkyl or cyclic N) is 1. The van der Waals surface area contributed by atoms with Gasteiger partial charge in [0.05, 0.1) is 13.2 Å². The number of hydrogen-bond acceptors (Lipinski definition) is 3. The van der Waals surface area contributed by atoms with Gasteiger partial charge in [0.2, 0.25) is 0 Å². The zero-order valence-electron chi connectivity index (χ0n) is 9.32. The fourth-order valence-corrected chi connectivity index (χ4v) is 2.07. The highest BCUT2D eigenvalue weighted by Crippen LogP contribution is 2.22. The maximum Gasteiger partial charge on any atom is 0.123 e. The van der Waals surface area contributed by atoms with E-state index >= 15 is 0 Å². The fraction of sp³-hybridized carbons (Fsp3) is 0.500. The number of likely N-dealkylation sites (tertiary alicyclic amines) is 1. The number of hydrogen-bond donors (Lipinski definition) is 1. The van der Waals surface area contributed by atoms with Crippen molar-refractivity contribution in [3.63, 3.8) is 0 Å². The summed E-state index contributed by atoms with van der Waals surface area (Å²) in [5, 5.41) is 9.41. The molecule has 1 saturated heterocycles. The van der Waals surface area contributed by atoms with Crippen LogP contribution in [-0.4, -0.2) is 36.3 Å². The van der Waals surface area contributed by atoms with Crippen molar-refractivity contribution in [2.75, 3.05) is 20.2 Å². The summed E-state index contributed by atoms with van der Waals surface area (Å²) in [6.07, 6.45) is 0.539. The first-order valence-corrected chi connectivity index (χ1v) is 5.42. The zero-order chi connectivity index (χ0) is 11.5. The predicted octanol–water partition coefficient (Wildman–Crippen LogP) is 1.40. The second-order valence-corrected chi connectivity index (χ2v) is 4.13. The molecule has 1 fully saturated rings. The standard InChI is InChI=1S/C12H16FNO2/c1-16-12-3-2-10(13)6-9(12)7-14-5-4-11(15)8-14/h2-3,6,11,15H,4-5,7-8H2,1H3/t11-/m1/s1. The van der Waals surface area contributed by atoms with E-state index in [9.17, 15) is 9.50 Å². The molecular formula is C12H16FNO2. The van der Waals surface area contributed by atoms with Crippen LogP contribution in [0, 0.1) is 5.82 Å². The Balaban J connectivity index is 2.10. The fourth-order valence-electron chi connectivity index (χ4n) is 2.07. The minimum atomic E-state index is -0.254. The molecule has 2 rings (SSSR count). The molecule has 1 aromatic rings. The Morgan fingerprint density at radius 1 is 1.56 bits per heavy atom. The summed E-state index contributed by atoms with van der Waals surface area (Å²) in [7, 11) is 1.58. The lowest BCUT2D eigenvalue weighted by molar-refractivity contribution is 0.174. The Bertz CT molecular complexity index is 370. The normalized spacial score (nSPS) is 21.3. The van der Waals surface area contributed by atoms with Crippen LogP contribution >= 0.6 is 0 Å². The average Bonchev–Trinajstić information content (AvgIpc) is 2.64. The summed E-state index contributed by atoms with van der Waals surface area (Å²) < 4.78 is 18.3. The monoisotopic (exact) mass is 225 g/mol. The van der Waals surface area contributed by atoms with Gasteiger partial charge < -0.3 is 9.84 Å². The summed E-state index contributed by atoms with van der Waals surface area (Å²) >= 11 is 0. The van der Waals surface area contributed by atoms with Crippen LogP contribution in [-0.2, 0) is 6.54 Å². The van der Waals surface area contributed by atoms with Gasteiger partial charge in [-0.2, -0.15) is 0 Å². The van der Waals surface area contributed by atoms with Crippen LogP contribution < -0.4 is 4.74 Å². The smallest absolute Gasteiger partial charge is 0.123 e. The molecule has 1 aromatic carbocycles. The van der Waals surface area contributed by atoms with Crippen LogP contribution in [0.1, 0.15) is 12.0 Å². The lowest BCUT2D eigenvalue weighted by Gasteiger charge is -2.17. The largest absolute Gasteiger partial charge is 0.496 e. The molecule has 3 nitrogen and oxygen atoms in total. The first-order valence-electron chi connectivity index (χ1n) is 5.42. The van der Waals surface area contributed by atoms with E-state index in [0.717, 1.165) is 18.5 Å². The predicted molar refractivity (Wildman–Crippen MR) is 58.9 cm³/mol. The lowest BCUT2D eigenvalue weighted by atomic mass is 10.2. The van der Waals surface area contributed by atoms with Crippen LogP contribution in [0.3, 0.4) is 0 Å². The Labute approximate surface area is 94.4 Å². The summed E-state index contributed by atoms with van der Waals surface area (Å²) in [6, 6.07) is 4.52. The van der Waals surface area contributed by atoms with E-state index in [1.807, 2.05) is 0 Å². The molecule has 0 amide bonds. The maximum absolute atomic E-state index is 13.1. The SMILES string of the molecule is COc1ccc(F)cc1CN1CC[C@@H](O)C1. The van der Waals surface area contributed by atoms with Crippen molar-refractivity contribution in [3.8, 4) is 5.75 Å². The van der Waals surface area contributed by atoms with E-state index in [-0.39, 0.29) is 11.9 Å². The third kappa shape index (κ3) is 2.51. The Hall–Kier alpha value is -1.13. The van der Waals surface area contributed by atoms with Gasteiger partial charge in [-0.05, 0) is 24.6 Å². The molecular weight excluding hydrogens is 209 g/mol. The summed E-state index contributed by atoms with van der Waals surface area (Å²) in [6.45, 7) is 2.12. The number of methoxy groups -OCH3 is 1. The number of benzene rings is 1.